The van der Waals surface area contributed by atoms with E-state index in [0.29, 0.717) is 24.0 Å². The van der Waals surface area contributed by atoms with Gasteiger partial charge in [-0.1, -0.05) is 24.3 Å². The summed E-state index contributed by atoms with van der Waals surface area (Å²) in [7, 11) is -2.15. The van der Waals surface area contributed by atoms with Gasteiger partial charge in [0.05, 0.1) is 22.6 Å². The number of esters is 1. The van der Waals surface area contributed by atoms with Crippen LogP contribution in [0.2, 0.25) is 0 Å². The zero-order valence-corrected chi connectivity index (χ0v) is 17.3. The van der Waals surface area contributed by atoms with Crippen LogP contribution in [0, 0.1) is 0 Å². The second kappa shape index (κ2) is 9.19. The Hall–Kier alpha value is -3.04. The number of imide groups is 1. The van der Waals surface area contributed by atoms with E-state index in [1.807, 2.05) is 0 Å². The lowest BCUT2D eigenvalue weighted by Crippen LogP contribution is -2.31. The van der Waals surface area contributed by atoms with Crippen molar-refractivity contribution < 1.29 is 27.5 Å². The van der Waals surface area contributed by atoms with E-state index in [2.05, 4.69) is 4.72 Å². The molecular formula is C21H22N2O6S. The van der Waals surface area contributed by atoms with Crippen molar-refractivity contribution in [2.45, 2.75) is 24.2 Å². The predicted molar refractivity (Wildman–Crippen MR) is 108 cm³/mol. The normalized spacial score (nSPS) is 13.4. The van der Waals surface area contributed by atoms with E-state index in [1.165, 1.54) is 24.1 Å². The summed E-state index contributed by atoms with van der Waals surface area (Å²) in [6, 6.07) is 12.9. The number of hydrogen-bond donors (Lipinski definition) is 1. The summed E-state index contributed by atoms with van der Waals surface area (Å²) < 4.78 is 30.8. The van der Waals surface area contributed by atoms with Gasteiger partial charge >= 0.3 is 5.97 Å². The first-order chi connectivity index (χ1) is 14.3. The molecule has 9 heteroatoms. The van der Waals surface area contributed by atoms with Gasteiger partial charge in [0.15, 0.2) is 0 Å². The van der Waals surface area contributed by atoms with Crippen LogP contribution >= 0.6 is 0 Å². The minimum Gasteiger partial charge on any atom is -0.466 e. The minimum atomic E-state index is -3.49. The Morgan fingerprint density at radius 3 is 2.17 bits per heavy atom. The highest BCUT2D eigenvalue weighted by Gasteiger charge is 2.34. The first kappa shape index (κ1) is 21.7. The molecule has 158 valence electrons. The quantitative estimate of drug-likeness (QED) is 0.369. The van der Waals surface area contributed by atoms with Crippen molar-refractivity contribution in [1.82, 2.24) is 9.62 Å². The van der Waals surface area contributed by atoms with E-state index in [4.69, 9.17) is 4.74 Å². The van der Waals surface area contributed by atoms with Gasteiger partial charge in [0.2, 0.25) is 10.0 Å². The fraction of sp³-hybridized carbons (Fsp3) is 0.286. The van der Waals surface area contributed by atoms with Gasteiger partial charge in [-0.25, -0.2) is 13.1 Å². The minimum absolute atomic E-state index is 0.103. The van der Waals surface area contributed by atoms with Crippen molar-refractivity contribution in [2.24, 2.45) is 0 Å². The molecule has 3 rings (SSSR count). The molecule has 0 saturated carbocycles. The third kappa shape index (κ3) is 4.74. The molecule has 0 aliphatic carbocycles. The maximum Gasteiger partial charge on any atom is 0.306 e. The van der Waals surface area contributed by atoms with E-state index in [0.717, 1.165) is 5.56 Å². The summed E-state index contributed by atoms with van der Waals surface area (Å²) in [6.07, 6.45) is 0.913. The van der Waals surface area contributed by atoms with Gasteiger partial charge in [-0.15, -0.1) is 0 Å². The topological polar surface area (TPSA) is 110 Å². The maximum absolute atomic E-state index is 12.3. The summed E-state index contributed by atoms with van der Waals surface area (Å²) in [6.45, 7) is 0.284. The highest BCUT2D eigenvalue weighted by Crippen LogP contribution is 2.22. The Morgan fingerprint density at radius 2 is 1.60 bits per heavy atom. The van der Waals surface area contributed by atoms with Crippen molar-refractivity contribution in [1.29, 1.82) is 0 Å². The number of aryl methyl sites for hydroxylation is 1. The molecule has 1 aliphatic heterocycles. The van der Waals surface area contributed by atoms with E-state index in [9.17, 15) is 22.8 Å². The number of sulfonamides is 1. The van der Waals surface area contributed by atoms with Crippen molar-refractivity contribution >= 4 is 27.8 Å². The standard InChI is InChI=1S/C21H22N2O6S/c1-22-30(27,28)16-10-7-15(8-11-16)9-12-19(24)29-14-4-13-23-20(25)17-5-2-3-6-18(17)21(23)26/h2-3,5-8,10-11,22H,4,9,12-14H2,1H3. The number of amides is 2. The van der Waals surface area contributed by atoms with Crippen LogP contribution in [0.25, 0.3) is 0 Å². The van der Waals surface area contributed by atoms with Crippen molar-refractivity contribution in [3.63, 3.8) is 0 Å². The van der Waals surface area contributed by atoms with E-state index in [-0.39, 0.29) is 36.3 Å². The highest BCUT2D eigenvalue weighted by atomic mass is 32.2. The second-order valence-electron chi connectivity index (χ2n) is 6.73. The van der Waals surface area contributed by atoms with Crippen LogP contribution in [0.15, 0.2) is 53.4 Å². The summed E-state index contributed by atoms with van der Waals surface area (Å²) >= 11 is 0. The zero-order chi connectivity index (χ0) is 21.7. The number of carbonyl (C=O) groups is 3. The number of carbonyl (C=O) groups excluding carboxylic acids is 3. The van der Waals surface area contributed by atoms with Gasteiger partial charge in [-0.3, -0.25) is 19.3 Å². The molecule has 0 atom stereocenters. The fourth-order valence-electron chi connectivity index (χ4n) is 3.12. The molecular weight excluding hydrogens is 408 g/mol. The van der Waals surface area contributed by atoms with E-state index >= 15 is 0 Å². The van der Waals surface area contributed by atoms with E-state index in [1.54, 1.807) is 36.4 Å². The van der Waals surface area contributed by atoms with Crippen LogP contribution < -0.4 is 4.72 Å². The number of rotatable bonds is 9. The zero-order valence-electron chi connectivity index (χ0n) is 16.5. The number of benzene rings is 2. The Balaban J connectivity index is 1.40. The van der Waals surface area contributed by atoms with Crippen LogP contribution in [-0.2, 0) is 26.0 Å². The lowest BCUT2D eigenvalue weighted by atomic mass is 10.1. The molecule has 0 spiro atoms. The molecule has 0 fully saturated rings. The molecule has 2 amide bonds. The van der Waals surface area contributed by atoms with Gasteiger partial charge < -0.3 is 4.74 Å². The molecule has 2 aromatic rings. The molecule has 30 heavy (non-hydrogen) atoms. The van der Waals surface area contributed by atoms with Crippen LogP contribution in [0.5, 0.6) is 0 Å². The number of hydrogen-bond acceptors (Lipinski definition) is 6. The molecule has 1 aliphatic rings. The average molecular weight is 430 g/mol. The third-order valence-electron chi connectivity index (χ3n) is 4.79. The Morgan fingerprint density at radius 1 is 1.00 bits per heavy atom. The lowest BCUT2D eigenvalue weighted by Gasteiger charge is -2.13. The van der Waals surface area contributed by atoms with E-state index < -0.39 is 16.0 Å². The second-order valence-corrected chi connectivity index (χ2v) is 8.62. The third-order valence-corrected chi connectivity index (χ3v) is 6.22. The molecule has 1 N–H and O–H groups in total. The molecule has 0 bridgehead atoms. The van der Waals surface area contributed by atoms with Crippen molar-refractivity contribution in [3.05, 3.63) is 65.2 Å². The average Bonchev–Trinajstić information content (AvgIpc) is 3.00. The summed E-state index contributed by atoms with van der Waals surface area (Å²) in [5.41, 5.74) is 1.61. The molecule has 2 aromatic carbocycles. The monoisotopic (exact) mass is 430 g/mol. The van der Waals surface area contributed by atoms with Gasteiger partial charge in [-0.2, -0.15) is 0 Å². The largest absolute Gasteiger partial charge is 0.466 e. The Bertz CT molecular complexity index is 1030. The highest BCUT2D eigenvalue weighted by molar-refractivity contribution is 7.89. The van der Waals surface area contributed by atoms with Gasteiger partial charge in [0, 0.05) is 13.0 Å². The number of nitrogens with one attached hydrogen (secondary N) is 1. The summed E-state index contributed by atoms with van der Waals surface area (Å²) in [5.74, 6) is -1.05. The molecule has 0 saturated heterocycles. The van der Waals surface area contributed by atoms with Gasteiger partial charge in [0.25, 0.3) is 11.8 Å². The first-order valence-corrected chi connectivity index (χ1v) is 10.9. The van der Waals surface area contributed by atoms with Gasteiger partial charge in [-0.05, 0) is 49.7 Å². The number of nitrogens with zero attached hydrogens (tertiary/aromatic N) is 1. The fourth-order valence-corrected chi connectivity index (χ4v) is 3.85. The smallest absolute Gasteiger partial charge is 0.306 e. The van der Waals surface area contributed by atoms with Gasteiger partial charge in [0.1, 0.15) is 0 Å². The van der Waals surface area contributed by atoms with Crippen LogP contribution in [-0.4, -0.2) is 51.3 Å². The Labute approximate surface area is 174 Å². The SMILES string of the molecule is CNS(=O)(=O)c1ccc(CCC(=O)OCCCN2C(=O)c3ccccc3C2=O)cc1. The van der Waals surface area contributed by atoms with Crippen molar-refractivity contribution in [2.75, 3.05) is 20.2 Å². The number of fused-ring (bicyclic) bond motifs is 1. The molecule has 0 unspecified atom stereocenters. The predicted octanol–water partition coefficient (Wildman–Crippen LogP) is 1.76. The van der Waals surface area contributed by atoms with Crippen LogP contribution in [0.4, 0.5) is 0 Å². The number of ether oxygens (including phenoxy) is 1. The molecule has 1 heterocycles. The summed E-state index contributed by atoms with van der Waals surface area (Å²) in [5, 5.41) is 0. The summed E-state index contributed by atoms with van der Waals surface area (Å²) in [4.78, 5) is 37.8. The molecule has 0 aromatic heterocycles. The maximum atomic E-state index is 12.3. The Kier molecular flexibility index (Phi) is 6.63. The van der Waals surface area contributed by atoms with Crippen molar-refractivity contribution in [3.8, 4) is 0 Å². The van der Waals surface area contributed by atoms with Crippen LogP contribution in [0.1, 0.15) is 39.1 Å². The lowest BCUT2D eigenvalue weighted by molar-refractivity contribution is -0.143. The molecule has 8 nitrogen and oxygen atoms in total. The van der Waals surface area contributed by atoms with Crippen LogP contribution in [0.3, 0.4) is 0 Å². The first-order valence-electron chi connectivity index (χ1n) is 9.47. The molecule has 0 radical (unpaired) electrons.